The van der Waals surface area contributed by atoms with Gasteiger partial charge in [-0.05, 0) is 57.0 Å². The first-order valence-corrected chi connectivity index (χ1v) is 7.82. The summed E-state index contributed by atoms with van der Waals surface area (Å²) in [4.78, 5) is 11.8. The van der Waals surface area contributed by atoms with Crippen LogP contribution in [0.2, 0.25) is 0 Å². The molecule has 1 amide bonds. The molecule has 0 aromatic rings. The van der Waals surface area contributed by atoms with Gasteiger partial charge in [0.15, 0.2) is 0 Å². The van der Waals surface area contributed by atoms with Crippen molar-refractivity contribution in [2.75, 3.05) is 19.6 Å². The summed E-state index contributed by atoms with van der Waals surface area (Å²) in [5, 5.41) is 6.51. The van der Waals surface area contributed by atoms with Gasteiger partial charge in [-0.15, -0.1) is 0 Å². The molecule has 2 rings (SSSR count). The predicted molar refractivity (Wildman–Crippen MR) is 74.4 cm³/mol. The van der Waals surface area contributed by atoms with E-state index in [0.717, 1.165) is 44.3 Å². The van der Waals surface area contributed by atoms with Gasteiger partial charge in [0.05, 0.1) is 0 Å². The van der Waals surface area contributed by atoms with Crippen LogP contribution in [0.15, 0.2) is 0 Å². The topological polar surface area (TPSA) is 41.1 Å². The van der Waals surface area contributed by atoms with Gasteiger partial charge in [0.25, 0.3) is 0 Å². The smallest absolute Gasteiger partial charge is 0.220 e. The maximum Gasteiger partial charge on any atom is 0.220 e. The first kappa shape index (κ1) is 13.9. The van der Waals surface area contributed by atoms with E-state index in [0.29, 0.717) is 0 Å². The normalized spacial score (nSPS) is 22.9. The second-order valence-corrected chi connectivity index (χ2v) is 6.04. The van der Waals surface area contributed by atoms with E-state index in [4.69, 9.17) is 0 Å². The molecule has 104 valence electrons. The van der Waals surface area contributed by atoms with Gasteiger partial charge in [0.2, 0.25) is 5.91 Å². The van der Waals surface area contributed by atoms with Crippen molar-refractivity contribution in [3.8, 4) is 0 Å². The first-order chi connectivity index (χ1) is 8.84. The second-order valence-electron chi connectivity index (χ2n) is 6.04. The van der Waals surface area contributed by atoms with Gasteiger partial charge in [-0.1, -0.05) is 19.3 Å². The number of nitrogens with one attached hydrogen (secondary N) is 2. The van der Waals surface area contributed by atoms with Crippen LogP contribution < -0.4 is 10.6 Å². The molecule has 1 saturated heterocycles. The molecule has 1 heterocycles. The fraction of sp³-hybridized carbons (Fsp3) is 0.933. The van der Waals surface area contributed by atoms with Gasteiger partial charge in [0.1, 0.15) is 0 Å². The van der Waals surface area contributed by atoms with Crippen molar-refractivity contribution >= 4 is 5.91 Å². The molecule has 0 bridgehead atoms. The van der Waals surface area contributed by atoms with Gasteiger partial charge < -0.3 is 10.6 Å². The molecule has 18 heavy (non-hydrogen) atoms. The van der Waals surface area contributed by atoms with E-state index >= 15 is 0 Å². The van der Waals surface area contributed by atoms with Crippen molar-refractivity contribution in [1.82, 2.24) is 10.6 Å². The van der Waals surface area contributed by atoms with E-state index in [-0.39, 0.29) is 5.91 Å². The zero-order chi connectivity index (χ0) is 12.6. The lowest BCUT2D eigenvalue weighted by Gasteiger charge is -2.23. The highest BCUT2D eigenvalue weighted by molar-refractivity contribution is 5.75. The molecule has 2 aliphatic rings. The molecule has 0 aromatic heterocycles. The third-order valence-electron chi connectivity index (χ3n) is 4.55. The fourth-order valence-corrected chi connectivity index (χ4v) is 3.24. The molecule has 0 radical (unpaired) electrons. The first-order valence-electron chi connectivity index (χ1n) is 7.82. The van der Waals surface area contributed by atoms with Crippen LogP contribution in [0.3, 0.4) is 0 Å². The summed E-state index contributed by atoms with van der Waals surface area (Å²) in [5.74, 6) is 1.80. The largest absolute Gasteiger partial charge is 0.356 e. The number of rotatable bonds is 5. The Bertz CT molecular complexity index is 219. The molecule has 2 N–H and O–H groups in total. The van der Waals surface area contributed by atoms with Crippen LogP contribution >= 0.6 is 0 Å². The van der Waals surface area contributed by atoms with Gasteiger partial charge in [-0.3, -0.25) is 4.79 Å². The second kappa shape index (κ2) is 7.78. The summed E-state index contributed by atoms with van der Waals surface area (Å²) in [6.07, 6.45) is 11.0. The van der Waals surface area contributed by atoms with E-state index < -0.39 is 0 Å². The highest BCUT2D eigenvalue weighted by Crippen LogP contribution is 2.23. The van der Waals surface area contributed by atoms with Crippen molar-refractivity contribution in [2.24, 2.45) is 11.8 Å². The summed E-state index contributed by atoms with van der Waals surface area (Å²) in [5.41, 5.74) is 0. The Morgan fingerprint density at radius 1 is 1.00 bits per heavy atom. The van der Waals surface area contributed by atoms with Gasteiger partial charge in [0, 0.05) is 13.0 Å². The van der Waals surface area contributed by atoms with Crippen LogP contribution in [0.5, 0.6) is 0 Å². The highest BCUT2D eigenvalue weighted by atomic mass is 16.1. The summed E-state index contributed by atoms with van der Waals surface area (Å²) < 4.78 is 0. The number of carbonyl (C=O) groups excluding carboxylic acids is 1. The molecule has 0 aromatic carbocycles. The van der Waals surface area contributed by atoms with E-state index in [1.807, 2.05) is 0 Å². The molecule has 3 nitrogen and oxygen atoms in total. The Hall–Kier alpha value is -0.570. The van der Waals surface area contributed by atoms with E-state index in [1.54, 1.807) is 0 Å². The third kappa shape index (κ3) is 4.97. The summed E-state index contributed by atoms with van der Waals surface area (Å²) >= 11 is 0. The quantitative estimate of drug-likeness (QED) is 0.789. The van der Waals surface area contributed by atoms with Crippen LogP contribution in [0.1, 0.15) is 57.8 Å². The van der Waals surface area contributed by atoms with Gasteiger partial charge >= 0.3 is 0 Å². The van der Waals surface area contributed by atoms with Crippen molar-refractivity contribution in [1.29, 1.82) is 0 Å². The summed E-state index contributed by atoms with van der Waals surface area (Å²) in [6, 6.07) is 0. The van der Waals surface area contributed by atoms with Crippen molar-refractivity contribution in [3.05, 3.63) is 0 Å². The zero-order valence-corrected chi connectivity index (χ0v) is 11.5. The minimum atomic E-state index is 0.277. The maximum absolute atomic E-state index is 11.8. The molecular formula is C15H28N2O. The number of hydrogen-bond donors (Lipinski definition) is 2. The molecule has 0 spiro atoms. The molecular weight excluding hydrogens is 224 g/mol. The predicted octanol–water partition coefficient (Wildman–Crippen LogP) is 2.46. The van der Waals surface area contributed by atoms with Gasteiger partial charge in [-0.25, -0.2) is 0 Å². The average molecular weight is 252 g/mol. The minimum absolute atomic E-state index is 0.277. The average Bonchev–Trinajstić information content (AvgIpc) is 2.45. The Labute approximate surface area is 111 Å². The molecule has 0 unspecified atom stereocenters. The molecule has 2 fully saturated rings. The standard InChI is InChI=1S/C15H28N2O/c18-15(7-6-13-8-10-16-11-9-13)17-12-14-4-2-1-3-5-14/h13-14,16H,1-12H2,(H,17,18). The Morgan fingerprint density at radius 3 is 2.44 bits per heavy atom. The van der Waals surface area contributed by atoms with Crippen LogP contribution in [0.25, 0.3) is 0 Å². The van der Waals surface area contributed by atoms with Crippen molar-refractivity contribution < 1.29 is 4.79 Å². The summed E-state index contributed by atoms with van der Waals surface area (Å²) in [7, 11) is 0. The number of piperidine rings is 1. The number of amides is 1. The third-order valence-corrected chi connectivity index (χ3v) is 4.55. The van der Waals surface area contributed by atoms with Crippen LogP contribution in [0, 0.1) is 11.8 Å². The maximum atomic E-state index is 11.8. The molecule has 1 aliphatic carbocycles. The minimum Gasteiger partial charge on any atom is -0.356 e. The molecule has 1 saturated carbocycles. The van der Waals surface area contributed by atoms with Crippen LogP contribution in [0.4, 0.5) is 0 Å². The lowest BCUT2D eigenvalue weighted by molar-refractivity contribution is -0.121. The van der Waals surface area contributed by atoms with Crippen LogP contribution in [-0.4, -0.2) is 25.5 Å². The SMILES string of the molecule is O=C(CCC1CCNCC1)NCC1CCCCC1. The number of hydrogen-bond acceptors (Lipinski definition) is 2. The van der Waals surface area contributed by atoms with E-state index in [2.05, 4.69) is 10.6 Å². The molecule has 3 heteroatoms. The van der Waals surface area contributed by atoms with E-state index in [1.165, 1.54) is 44.9 Å². The Balaban J connectivity index is 1.54. The molecule has 0 atom stereocenters. The fourth-order valence-electron chi connectivity index (χ4n) is 3.24. The summed E-state index contributed by atoms with van der Waals surface area (Å²) in [6.45, 7) is 3.19. The monoisotopic (exact) mass is 252 g/mol. The highest BCUT2D eigenvalue weighted by Gasteiger charge is 2.16. The Morgan fingerprint density at radius 2 is 1.72 bits per heavy atom. The van der Waals surface area contributed by atoms with Crippen molar-refractivity contribution in [2.45, 2.75) is 57.8 Å². The lowest BCUT2D eigenvalue weighted by Crippen LogP contribution is -2.32. The zero-order valence-electron chi connectivity index (χ0n) is 11.5. The number of carbonyl (C=O) groups is 1. The van der Waals surface area contributed by atoms with E-state index in [9.17, 15) is 4.79 Å². The van der Waals surface area contributed by atoms with Crippen molar-refractivity contribution in [3.63, 3.8) is 0 Å². The van der Waals surface area contributed by atoms with Gasteiger partial charge in [-0.2, -0.15) is 0 Å². The molecule has 1 aliphatic heterocycles. The van der Waals surface area contributed by atoms with Crippen LogP contribution in [-0.2, 0) is 4.79 Å². The Kier molecular flexibility index (Phi) is 5.98. The lowest BCUT2D eigenvalue weighted by atomic mass is 9.89.